The Labute approximate surface area is 149 Å². The Morgan fingerprint density at radius 2 is 1.88 bits per heavy atom. The molecular formula is C19H29N3O3. The Bertz CT molecular complexity index is 571. The summed E-state index contributed by atoms with van der Waals surface area (Å²) in [6, 6.07) is 7.09. The third-order valence-electron chi connectivity index (χ3n) is 4.27. The quantitative estimate of drug-likeness (QED) is 0.742. The van der Waals surface area contributed by atoms with Gasteiger partial charge < -0.3 is 20.3 Å². The number of carbonyl (C=O) groups excluding carboxylic acids is 2. The third-order valence-corrected chi connectivity index (χ3v) is 4.27. The number of para-hydroxylation sites is 2. The first kappa shape index (κ1) is 19.2. The molecule has 0 saturated carbocycles. The Hall–Kier alpha value is -2.08. The lowest BCUT2D eigenvalue weighted by Gasteiger charge is -2.29. The summed E-state index contributed by atoms with van der Waals surface area (Å²) in [5.41, 5.74) is 0.505. The normalized spacial score (nSPS) is 16.1. The van der Waals surface area contributed by atoms with E-state index in [1.165, 1.54) is 19.3 Å². The zero-order valence-electron chi connectivity index (χ0n) is 15.2. The van der Waals surface area contributed by atoms with Crippen molar-refractivity contribution in [1.29, 1.82) is 0 Å². The number of piperidine rings is 1. The second-order valence-corrected chi connectivity index (χ2v) is 6.56. The smallest absolute Gasteiger partial charge is 0.313 e. The van der Waals surface area contributed by atoms with Crippen molar-refractivity contribution in [3.05, 3.63) is 24.3 Å². The van der Waals surface area contributed by atoms with Crippen LogP contribution in [0.15, 0.2) is 24.3 Å². The van der Waals surface area contributed by atoms with Gasteiger partial charge in [-0.05, 0) is 50.9 Å². The number of rotatable bonds is 7. The lowest BCUT2D eigenvalue weighted by Crippen LogP contribution is -2.41. The van der Waals surface area contributed by atoms with Crippen LogP contribution in [-0.2, 0) is 9.59 Å². The summed E-state index contributed by atoms with van der Waals surface area (Å²) >= 11 is 0. The molecule has 1 aliphatic rings. The molecule has 25 heavy (non-hydrogen) atoms. The van der Waals surface area contributed by atoms with Gasteiger partial charge >= 0.3 is 11.8 Å². The van der Waals surface area contributed by atoms with Crippen molar-refractivity contribution in [3.63, 3.8) is 0 Å². The number of anilines is 1. The molecule has 0 radical (unpaired) electrons. The number of hydrogen-bond acceptors (Lipinski definition) is 4. The van der Waals surface area contributed by atoms with E-state index in [2.05, 4.69) is 22.5 Å². The molecule has 0 aliphatic carbocycles. The molecule has 1 fully saturated rings. The largest absolute Gasteiger partial charge is 0.492 e. The van der Waals surface area contributed by atoms with E-state index in [1.807, 2.05) is 13.0 Å². The standard InChI is InChI=1S/C19H29N3O3/c1-3-25-17-10-6-5-9-16(17)21-19(24)18(23)20-13-15(2)14-22-11-7-4-8-12-22/h5-6,9-10,15H,3-4,7-8,11-14H2,1-2H3,(H,20,23)(H,21,24)/t15-/m0/s1. The van der Waals surface area contributed by atoms with Gasteiger partial charge in [0.1, 0.15) is 5.75 Å². The summed E-state index contributed by atoms with van der Waals surface area (Å²) in [6.45, 7) is 8.17. The van der Waals surface area contributed by atoms with Crippen molar-refractivity contribution in [1.82, 2.24) is 10.2 Å². The number of benzene rings is 1. The van der Waals surface area contributed by atoms with Gasteiger partial charge in [0, 0.05) is 13.1 Å². The number of nitrogens with zero attached hydrogens (tertiary/aromatic N) is 1. The van der Waals surface area contributed by atoms with Crippen molar-refractivity contribution >= 4 is 17.5 Å². The molecule has 0 spiro atoms. The highest BCUT2D eigenvalue weighted by Gasteiger charge is 2.18. The van der Waals surface area contributed by atoms with Gasteiger partial charge in [-0.15, -0.1) is 0 Å². The van der Waals surface area contributed by atoms with Crippen molar-refractivity contribution in [2.24, 2.45) is 5.92 Å². The number of hydrogen-bond donors (Lipinski definition) is 2. The van der Waals surface area contributed by atoms with E-state index in [0.29, 0.717) is 30.5 Å². The van der Waals surface area contributed by atoms with E-state index in [4.69, 9.17) is 4.74 Å². The van der Waals surface area contributed by atoms with Crippen molar-refractivity contribution in [2.45, 2.75) is 33.1 Å². The molecule has 2 rings (SSSR count). The summed E-state index contributed by atoms with van der Waals surface area (Å²) in [5.74, 6) is -0.413. The van der Waals surface area contributed by atoms with E-state index >= 15 is 0 Å². The predicted molar refractivity (Wildman–Crippen MR) is 98.7 cm³/mol. The molecule has 6 heteroatoms. The van der Waals surface area contributed by atoms with Gasteiger partial charge in [-0.3, -0.25) is 9.59 Å². The lowest BCUT2D eigenvalue weighted by atomic mass is 10.1. The molecule has 2 amide bonds. The molecule has 1 aromatic rings. The van der Waals surface area contributed by atoms with E-state index in [0.717, 1.165) is 19.6 Å². The molecular weight excluding hydrogens is 318 g/mol. The van der Waals surface area contributed by atoms with Crippen LogP contribution in [0.3, 0.4) is 0 Å². The average molecular weight is 347 g/mol. The highest BCUT2D eigenvalue weighted by molar-refractivity contribution is 6.39. The summed E-state index contributed by atoms with van der Waals surface area (Å²) in [7, 11) is 0. The van der Waals surface area contributed by atoms with Crippen LogP contribution in [0.2, 0.25) is 0 Å². The number of ether oxygens (including phenoxy) is 1. The molecule has 1 aliphatic heterocycles. The summed E-state index contributed by atoms with van der Waals surface area (Å²) in [4.78, 5) is 26.5. The maximum atomic E-state index is 12.1. The van der Waals surface area contributed by atoms with E-state index in [1.54, 1.807) is 18.2 Å². The summed E-state index contributed by atoms with van der Waals surface area (Å²) in [5, 5.41) is 5.34. The minimum absolute atomic E-state index is 0.311. The van der Waals surface area contributed by atoms with Crippen molar-refractivity contribution in [3.8, 4) is 5.75 Å². The first-order chi connectivity index (χ1) is 12.1. The fourth-order valence-electron chi connectivity index (χ4n) is 3.02. The molecule has 0 bridgehead atoms. The van der Waals surface area contributed by atoms with E-state index in [9.17, 15) is 9.59 Å². The second-order valence-electron chi connectivity index (χ2n) is 6.56. The summed E-state index contributed by atoms with van der Waals surface area (Å²) < 4.78 is 5.45. The second kappa shape index (κ2) is 10.0. The topological polar surface area (TPSA) is 70.7 Å². The van der Waals surface area contributed by atoms with Crippen molar-refractivity contribution < 1.29 is 14.3 Å². The van der Waals surface area contributed by atoms with Crippen LogP contribution < -0.4 is 15.4 Å². The zero-order chi connectivity index (χ0) is 18.1. The molecule has 1 saturated heterocycles. The fourth-order valence-corrected chi connectivity index (χ4v) is 3.02. The van der Waals surface area contributed by atoms with Gasteiger partial charge in [0.25, 0.3) is 0 Å². The maximum absolute atomic E-state index is 12.1. The number of carbonyl (C=O) groups is 2. The lowest BCUT2D eigenvalue weighted by molar-refractivity contribution is -0.136. The van der Waals surface area contributed by atoms with Gasteiger partial charge in [0.2, 0.25) is 0 Å². The highest BCUT2D eigenvalue weighted by atomic mass is 16.5. The minimum Gasteiger partial charge on any atom is -0.492 e. The SMILES string of the molecule is CCOc1ccccc1NC(=O)C(=O)NC[C@H](C)CN1CCCCC1. The maximum Gasteiger partial charge on any atom is 0.313 e. The molecule has 1 aromatic carbocycles. The van der Waals surface area contributed by atoms with E-state index in [-0.39, 0.29) is 0 Å². The molecule has 2 N–H and O–H groups in total. The van der Waals surface area contributed by atoms with E-state index < -0.39 is 11.8 Å². The Morgan fingerprint density at radius 3 is 2.60 bits per heavy atom. The highest BCUT2D eigenvalue weighted by Crippen LogP contribution is 2.23. The monoisotopic (exact) mass is 347 g/mol. The van der Waals surface area contributed by atoms with Gasteiger partial charge in [-0.1, -0.05) is 25.5 Å². The first-order valence-electron chi connectivity index (χ1n) is 9.13. The zero-order valence-corrected chi connectivity index (χ0v) is 15.2. The summed E-state index contributed by atoms with van der Waals surface area (Å²) in [6.07, 6.45) is 3.81. The molecule has 138 valence electrons. The number of likely N-dealkylation sites (tertiary alicyclic amines) is 1. The van der Waals surface area contributed by atoms with Gasteiger partial charge in [0.15, 0.2) is 0 Å². The van der Waals surface area contributed by atoms with Gasteiger partial charge in [0.05, 0.1) is 12.3 Å². The van der Waals surface area contributed by atoms with Crippen LogP contribution >= 0.6 is 0 Å². The molecule has 0 unspecified atom stereocenters. The number of nitrogens with one attached hydrogen (secondary N) is 2. The van der Waals surface area contributed by atoms with Crippen molar-refractivity contribution in [2.75, 3.05) is 38.1 Å². The van der Waals surface area contributed by atoms with Crippen LogP contribution in [0.25, 0.3) is 0 Å². The Kier molecular flexibility index (Phi) is 7.73. The predicted octanol–water partition coefficient (Wildman–Crippen LogP) is 2.26. The molecule has 1 atom stereocenters. The molecule has 6 nitrogen and oxygen atoms in total. The number of amides is 2. The Balaban J connectivity index is 1.77. The van der Waals surface area contributed by atoms with Gasteiger partial charge in [-0.25, -0.2) is 0 Å². The minimum atomic E-state index is -0.669. The average Bonchev–Trinajstić information content (AvgIpc) is 2.62. The van der Waals surface area contributed by atoms with Gasteiger partial charge in [-0.2, -0.15) is 0 Å². The Morgan fingerprint density at radius 1 is 1.16 bits per heavy atom. The molecule has 1 heterocycles. The van der Waals surface area contributed by atoms with Crippen LogP contribution in [0, 0.1) is 5.92 Å². The fraction of sp³-hybridized carbons (Fsp3) is 0.579. The first-order valence-corrected chi connectivity index (χ1v) is 9.13. The third kappa shape index (κ3) is 6.38. The van der Waals surface area contributed by atoms with Crippen LogP contribution in [0.5, 0.6) is 5.75 Å². The molecule has 0 aromatic heterocycles. The van der Waals surface area contributed by atoms with Crippen LogP contribution in [-0.4, -0.2) is 49.5 Å². The van der Waals surface area contributed by atoms with Crippen LogP contribution in [0.4, 0.5) is 5.69 Å². The van der Waals surface area contributed by atoms with Crippen LogP contribution in [0.1, 0.15) is 33.1 Å².